The molecule has 0 aliphatic heterocycles. The van der Waals surface area contributed by atoms with Crippen LogP contribution in [0.1, 0.15) is 64.7 Å². The van der Waals surface area contributed by atoms with Crippen molar-refractivity contribution in [2.45, 2.75) is 64.7 Å². The minimum absolute atomic E-state index is 1.05. The van der Waals surface area contributed by atoms with E-state index < -0.39 is 0 Å². The highest BCUT2D eigenvalue weighted by Crippen LogP contribution is 2.29. The summed E-state index contributed by atoms with van der Waals surface area (Å²) in [6, 6.07) is 0. The number of halogens is 1. The smallest absolute Gasteiger partial charge is 0.00313 e. The molecule has 102 valence electrons. The summed E-state index contributed by atoms with van der Waals surface area (Å²) in [5.74, 6) is 1.05. The van der Waals surface area contributed by atoms with Gasteiger partial charge in [-0.05, 0) is 44.7 Å². The van der Waals surface area contributed by atoms with E-state index in [9.17, 15) is 0 Å². The quantitative estimate of drug-likeness (QED) is 0.368. The number of alkyl halides is 1. The average molecular weight is 304 g/mol. The first-order chi connectivity index (χ1) is 8.36. The molecule has 0 aromatic carbocycles. The van der Waals surface area contributed by atoms with Crippen LogP contribution in [-0.2, 0) is 0 Å². The lowest BCUT2D eigenvalue weighted by atomic mass is 10.1. The molecule has 0 aromatic heterocycles. The van der Waals surface area contributed by atoms with Crippen molar-refractivity contribution in [3.63, 3.8) is 0 Å². The Kier molecular flexibility index (Phi) is 9.45. The molecule has 0 bridgehead atoms. The van der Waals surface area contributed by atoms with Crippen LogP contribution in [0.3, 0.4) is 0 Å². The molecule has 1 saturated carbocycles. The van der Waals surface area contributed by atoms with Crippen molar-refractivity contribution in [2.24, 2.45) is 5.92 Å². The molecule has 1 rings (SSSR count). The summed E-state index contributed by atoms with van der Waals surface area (Å²) < 4.78 is 0. The van der Waals surface area contributed by atoms with E-state index in [1.54, 1.807) is 0 Å². The van der Waals surface area contributed by atoms with E-state index in [4.69, 9.17) is 0 Å². The molecule has 0 atom stereocenters. The minimum Gasteiger partial charge on any atom is -0.303 e. The number of hydrogen-bond acceptors (Lipinski definition) is 1. The maximum Gasteiger partial charge on any atom is 0.00313 e. The molecule has 1 aliphatic rings. The van der Waals surface area contributed by atoms with Crippen LogP contribution in [0.4, 0.5) is 0 Å². The molecule has 1 nitrogen and oxygen atoms in total. The van der Waals surface area contributed by atoms with Gasteiger partial charge in [0.05, 0.1) is 0 Å². The zero-order valence-electron chi connectivity index (χ0n) is 11.6. The van der Waals surface area contributed by atoms with Gasteiger partial charge in [0, 0.05) is 11.9 Å². The summed E-state index contributed by atoms with van der Waals surface area (Å²) in [5.41, 5.74) is 0. The second kappa shape index (κ2) is 10.4. The Hall–Kier alpha value is 0.440. The van der Waals surface area contributed by atoms with Crippen molar-refractivity contribution in [1.82, 2.24) is 4.90 Å². The van der Waals surface area contributed by atoms with Crippen molar-refractivity contribution < 1.29 is 0 Å². The molecule has 1 fully saturated rings. The standard InChI is InChI=1S/C15H30BrN/c1-2-17(14-15-10-11-15)13-9-7-5-3-4-6-8-12-16/h15H,2-14H2,1H3. The van der Waals surface area contributed by atoms with E-state index in [0.717, 1.165) is 5.92 Å². The van der Waals surface area contributed by atoms with Gasteiger partial charge in [0.2, 0.25) is 0 Å². The normalized spacial score (nSPS) is 15.7. The monoisotopic (exact) mass is 303 g/mol. The van der Waals surface area contributed by atoms with Crippen LogP contribution in [0.25, 0.3) is 0 Å². The van der Waals surface area contributed by atoms with Gasteiger partial charge in [0.25, 0.3) is 0 Å². The van der Waals surface area contributed by atoms with Gasteiger partial charge >= 0.3 is 0 Å². The summed E-state index contributed by atoms with van der Waals surface area (Å²) in [7, 11) is 0. The van der Waals surface area contributed by atoms with Crippen LogP contribution in [-0.4, -0.2) is 29.9 Å². The fourth-order valence-corrected chi connectivity index (χ4v) is 2.75. The van der Waals surface area contributed by atoms with Crippen LogP contribution in [0.2, 0.25) is 0 Å². The zero-order valence-corrected chi connectivity index (χ0v) is 13.2. The lowest BCUT2D eigenvalue weighted by Gasteiger charge is -2.19. The molecule has 0 heterocycles. The Balaban J connectivity index is 1.81. The Labute approximate surface area is 116 Å². The van der Waals surface area contributed by atoms with Crippen LogP contribution >= 0.6 is 15.9 Å². The molecule has 0 spiro atoms. The van der Waals surface area contributed by atoms with Crippen LogP contribution < -0.4 is 0 Å². The summed E-state index contributed by atoms with van der Waals surface area (Å²) >= 11 is 3.49. The third-order valence-corrected chi connectivity index (χ3v) is 4.33. The number of nitrogens with zero attached hydrogens (tertiary/aromatic N) is 1. The molecule has 1 aliphatic carbocycles. The lowest BCUT2D eigenvalue weighted by molar-refractivity contribution is 0.269. The van der Waals surface area contributed by atoms with Gasteiger partial charge in [0.15, 0.2) is 0 Å². The average Bonchev–Trinajstić information content (AvgIpc) is 3.15. The van der Waals surface area contributed by atoms with Gasteiger partial charge in [-0.3, -0.25) is 0 Å². The lowest BCUT2D eigenvalue weighted by Crippen LogP contribution is -2.26. The van der Waals surface area contributed by atoms with E-state index in [-0.39, 0.29) is 0 Å². The van der Waals surface area contributed by atoms with E-state index in [2.05, 4.69) is 27.8 Å². The number of unbranched alkanes of at least 4 members (excludes halogenated alkanes) is 6. The van der Waals surface area contributed by atoms with Crippen LogP contribution in [0.5, 0.6) is 0 Å². The summed E-state index contributed by atoms with van der Waals surface area (Å²) in [6.45, 7) is 6.28. The Morgan fingerprint density at radius 3 is 2.06 bits per heavy atom. The van der Waals surface area contributed by atoms with E-state index >= 15 is 0 Å². The van der Waals surface area contributed by atoms with Crippen LogP contribution in [0, 0.1) is 5.92 Å². The molecular formula is C15H30BrN. The molecule has 17 heavy (non-hydrogen) atoms. The van der Waals surface area contributed by atoms with E-state index in [1.807, 2.05) is 0 Å². The highest BCUT2D eigenvalue weighted by molar-refractivity contribution is 9.09. The van der Waals surface area contributed by atoms with Crippen molar-refractivity contribution in [1.29, 1.82) is 0 Å². The number of rotatable bonds is 12. The van der Waals surface area contributed by atoms with Crippen LogP contribution in [0.15, 0.2) is 0 Å². The number of hydrogen-bond donors (Lipinski definition) is 0. The minimum atomic E-state index is 1.05. The topological polar surface area (TPSA) is 3.24 Å². The Bertz CT molecular complexity index is 168. The fourth-order valence-electron chi connectivity index (χ4n) is 2.36. The van der Waals surface area contributed by atoms with Crippen molar-refractivity contribution in [2.75, 3.05) is 25.0 Å². The zero-order chi connectivity index (χ0) is 12.3. The molecule has 0 saturated heterocycles. The third-order valence-electron chi connectivity index (χ3n) is 3.77. The SMILES string of the molecule is CCN(CCCCCCCCCBr)CC1CC1. The molecular weight excluding hydrogens is 274 g/mol. The van der Waals surface area contributed by atoms with E-state index in [1.165, 1.54) is 82.8 Å². The van der Waals surface area contributed by atoms with Crippen molar-refractivity contribution >= 4 is 15.9 Å². The molecule has 0 aromatic rings. The maximum absolute atomic E-state index is 3.49. The second-order valence-electron chi connectivity index (χ2n) is 5.50. The second-order valence-corrected chi connectivity index (χ2v) is 6.29. The molecule has 0 unspecified atom stereocenters. The Morgan fingerprint density at radius 2 is 1.53 bits per heavy atom. The van der Waals surface area contributed by atoms with Gasteiger partial charge in [-0.25, -0.2) is 0 Å². The van der Waals surface area contributed by atoms with Gasteiger partial charge < -0.3 is 4.90 Å². The Morgan fingerprint density at radius 1 is 0.941 bits per heavy atom. The largest absolute Gasteiger partial charge is 0.303 e. The molecule has 0 N–H and O–H groups in total. The van der Waals surface area contributed by atoms with E-state index in [0.29, 0.717) is 0 Å². The predicted octanol–water partition coefficient (Wildman–Crippen LogP) is 4.84. The summed E-state index contributed by atoms with van der Waals surface area (Å²) in [4.78, 5) is 2.66. The summed E-state index contributed by atoms with van der Waals surface area (Å²) in [5, 5.41) is 1.18. The molecule has 0 radical (unpaired) electrons. The molecule has 0 amide bonds. The van der Waals surface area contributed by atoms with Crippen molar-refractivity contribution in [3.8, 4) is 0 Å². The first-order valence-electron chi connectivity index (χ1n) is 7.65. The highest BCUT2D eigenvalue weighted by Gasteiger charge is 2.23. The van der Waals surface area contributed by atoms with Gasteiger partial charge in [-0.15, -0.1) is 0 Å². The van der Waals surface area contributed by atoms with Gasteiger partial charge in [0.1, 0.15) is 0 Å². The van der Waals surface area contributed by atoms with Gasteiger partial charge in [-0.1, -0.05) is 55.0 Å². The fraction of sp³-hybridized carbons (Fsp3) is 1.00. The third kappa shape index (κ3) is 9.07. The van der Waals surface area contributed by atoms with Crippen molar-refractivity contribution in [3.05, 3.63) is 0 Å². The first-order valence-corrected chi connectivity index (χ1v) is 8.77. The first kappa shape index (κ1) is 15.5. The summed E-state index contributed by atoms with van der Waals surface area (Å²) in [6.07, 6.45) is 12.9. The predicted molar refractivity (Wildman–Crippen MR) is 81.0 cm³/mol. The van der Waals surface area contributed by atoms with Gasteiger partial charge in [-0.2, -0.15) is 0 Å². The maximum atomic E-state index is 3.49. The highest BCUT2D eigenvalue weighted by atomic mass is 79.9. The molecule has 2 heteroatoms.